The number of piperidine rings is 2. The molecule has 0 aliphatic carbocycles. The van der Waals surface area contributed by atoms with Crippen molar-refractivity contribution in [1.82, 2.24) is 19.8 Å². The SMILES string of the molecule is C=C(O)C1CCCN(Cc2cc(Cl)c(OCc3cccc(-c4cccc(COc5cc(OCc6cncc(C#N)c6)c(CN6CCCC(C(=O)O)C6)cc5Cl)c4C)c3C)cc2OCc2cncc(C#N)c2)C1. The molecular formula is C57H56Cl2N6O7. The number of nitriles is 2. The summed E-state index contributed by atoms with van der Waals surface area (Å²) in [6, 6.07) is 27.3. The third-order valence-corrected chi connectivity index (χ3v) is 14.0. The summed E-state index contributed by atoms with van der Waals surface area (Å²) in [4.78, 5) is 24.6. The van der Waals surface area contributed by atoms with Crippen LogP contribution >= 0.6 is 23.2 Å². The molecule has 0 bridgehead atoms. The lowest BCUT2D eigenvalue weighted by molar-refractivity contribution is -0.143. The molecule has 4 heterocycles. The van der Waals surface area contributed by atoms with Crippen molar-refractivity contribution in [2.24, 2.45) is 11.8 Å². The predicted octanol–water partition coefficient (Wildman–Crippen LogP) is 11.7. The Kier molecular flexibility index (Phi) is 17.0. The Morgan fingerprint density at radius 2 is 1.08 bits per heavy atom. The highest BCUT2D eigenvalue weighted by Crippen LogP contribution is 2.39. The minimum atomic E-state index is -0.797. The highest BCUT2D eigenvalue weighted by atomic mass is 35.5. The second-order valence-corrected chi connectivity index (χ2v) is 19.3. The highest BCUT2D eigenvalue weighted by molar-refractivity contribution is 6.32. The van der Waals surface area contributed by atoms with Gasteiger partial charge in [0, 0.05) is 91.3 Å². The fourth-order valence-electron chi connectivity index (χ4n) is 9.39. The number of halogens is 2. The van der Waals surface area contributed by atoms with Crippen LogP contribution in [0.15, 0.2) is 110 Å². The Balaban J connectivity index is 0.993. The van der Waals surface area contributed by atoms with Gasteiger partial charge in [-0.05, 0) is 110 Å². The lowest BCUT2D eigenvalue weighted by atomic mass is 9.92. The molecule has 15 heteroatoms. The molecule has 2 unspecified atom stereocenters. The van der Waals surface area contributed by atoms with Crippen LogP contribution in [-0.4, -0.2) is 62.1 Å². The molecule has 8 rings (SSSR count). The van der Waals surface area contributed by atoms with E-state index in [-0.39, 0.29) is 38.1 Å². The van der Waals surface area contributed by atoms with Crippen LogP contribution in [-0.2, 0) is 44.3 Å². The van der Waals surface area contributed by atoms with Crippen LogP contribution in [0.3, 0.4) is 0 Å². The van der Waals surface area contributed by atoms with Crippen molar-refractivity contribution < 1.29 is 34.0 Å². The van der Waals surface area contributed by atoms with Crippen molar-refractivity contribution >= 4 is 29.2 Å². The Hall–Kier alpha value is -7.13. The van der Waals surface area contributed by atoms with E-state index < -0.39 is 11.9 Å². The second kappa shape index (κ2) is 23.9. The third-order valence-electron chi connectivity index (χ3n) is 13.4. The first-order valence-corrected chi connectivity index (χ1v) is 24.7. The summed E-state index contributed by atoms with van der Waals surface area (Å²) in [6.07, 6.45) is 9.57. The monoisotopic (exact) mass is 1010 g/mol. The van der Waals surface area contributed by atoms with E-state index in [1.54, 1.807) is 30.6 Å². The summed E-state index contributed by atoms with van der Waals surface area (Å²) >= 11 is 13.9. The first-order valence-electron chi connectivity index (χ1n) is 23.9. The first kappa shape index (κ1) is 51.2. The second-order valence-electron chi connectivity index (χ2n) is 18.5. The van der Waals surface area contributed by atoms with E-state index in [4.69, 9.17) is 42.1 Å². The number of carboxylic acid groups (broad SMARTS) is 1. The lowest BCUT2D eigenvalue weighted by Crippen LogP contribution is -2.38. The largest absolute Gasteiger partial charge is 0.513 e. The number of benzene rings is 4. The van der Waals surface area contributed by atoms with Gasteiger partial charge in [0.2, 0.25) is 0 Å². The molecule has 2 fully saturated rings. The average Bonchev–Trinajstić information content (AvgIpc) is 3.38. The average molecular weight is 1010 g/mol. The molecule has 0 spiro atoms. The number of aliphatic hydroxyl groups excluding tert-OH is 1. The number of likely N-dealkylation sites (tertiary alicyclic amines) is 2. The lowest BCUT2D eigenvalue weighted by Gasteiger charge is -2.32. The number of ether oxygens (including phenoxy) is 4. The van der Waals surface area contributed by atoms with Gasteiger partial charge in [0.1, 0.15) is 61.6 Å². The van der Waals surface area contributed by atoms with Gasteiger partial charge in [-0.25, -0.2) is 0 Å². The fourth-order valence-corrected chi connectivity index (χ4v) is 9.88. The Labute approximate surface area is 430 Å². The predicted molar refractivity (Wildman–Crippen MR) is 275 cm³/mol. The maximum atomic E-state index is 11.9. The van der Waals surface area contributed by atoms with Crippen molar-refractivity contribution in [3.8, 4) is 46.3 Å². The maximum Gasteiger partial charge on any atom is 0.307 e. The molecule has 2 atom stereocenters. The number of rotatable bonds is 19. The summed E-state index contributed by atoms with van der Waals surface area (Å²) in [5.74, 6) is 0.980. The van der Waals surface area contributed by atoms with Gasteiger partial charge in [-0.2, -0.15) is 10.5 Å². The number of aliphatic hydroxyl groups is 1. The number of aliphatic carboxylic acids is 1. The van der Waals surface area contributed by atoms with Gasteiger partial charge in [0.05, 0.1) is 32.8 Å². The summed E-state index contributed by atoms with van der Waals surface area (Å²) in [5.41, 5.74) is 10.1. The smallest absolute Gasteiger partial charge is 0.307 e. The molecule has 370 valence electrons. The standard InChI is InChI=1S/C57H56Cl2N6O7/c1-36-45(34-71-55-20-53(69-32-41-16-39(22-60)24-62-26-41)47(18-51(55)58)30-64-14-6-10-43(28-64)38(3)66)8-4-12-49(36)50-13-5-9-46(37(50)2)35-72-56-21-54(70-33-42-17-40(23-61)25-63-27-42)48(19-52(56)59)31-65-15-7-11-44(29-65)57(67)68/h4-5,8-9,12-13,16-21,24-27,43-44,66H,3,6-7,10-11,14-15,28-35H2,1-2H3,(H,67,68). The molecular weight excluding hydrogens is 952 g/mol. The molecule has 2 saturated heterocycles. The van der Waals surface area contributed by atoms with Gasteiger partial charge in [0.15, 0.2) is 0 Å². The number of aromatic nitrogens is 2. The molecule has 13 nitrogen and oxygen atoms in total. The number of hydrogen-bond acceptors (Lipinski definition) is 12. The number of carboxylic acids is 1. The van der Waals surface area contributed by atoms with Gasteiger partial charge < -0.3 is 29.2 Å². The van der Waals surface area contributed by atoms with E-state index in [2.05, 4.69) is 64.5 Å². The normalized spacial score (nSPS) is 16.0. The van der Waals surface area contributed by atoms with E-state index in [0.717, 1.165) is 88.0 Å². The quantitative estimate of drug-likeness (QED) is 0.0734. The summed E-state index contributed by atoms with van der Waals surface area (Å²) in [5, 5.41) is 39.6. The van der Waals surface area contributed by atoms with Crippen molar-refractivity contribution in [3.05, 3.63) is 176 Å². The van der Waals surface area contributed by atoms with Crippen LogP contribution in [0, 0.1) is 48.3 Å². The molecule has 72 heavy (non-hydrogen) atoms. The Morgan fingerprint density at radius 3 is 1.53 bits per heavy atom. The van der Waals surface area contributed by atoms with Crippen LogP contribution in [0.5, 0.6) is 23.0 Å². The van der Waals surface area contributed by atoms with Gasteiger partial charge in [0.25, 0.3) is 0 Å². The van der Waals surface area contributed by atoms with E-state index >= 15 is 0 Å². The van der Waals surface area contributed by atoms with E-state index in [9.17, 15) is 25.5 Å². The molecule has 2 N–H and O–H groups in total. The minimum Gasteiger partial charge on any atom is -0.513 e. The van der Waals surface area contributed by atoms with Crippen molar-refractivity contribution in [2.75, 3.05) is 26.2 Å². The van der Waals surface area contributed by atoms with E-state index in [0.29, 0.717) is 76.8 Å². The van der Waals surface area contributed by atoms with Gasteiger partial charge in [-0.3, -0.25) is 24.6 Å². The molecule has 0 amide bonds. The maximum absolute atomic E-state index is 11.9. The van der Waals surface area contributed by atoms with Gasteiger partial charge in [-0.15, -0.1) is 0 Å². The Bertz CT molecular complexity index is 2840. The number of carbonyl (C=O) groups is 1. The molecule has 0 saturated carbocycles. The number of hydrogen-bond donors (Lipinski definition) is 2. The summed E-state index contributed by atoms with van der Waals surface area (Å²) in [6.45, 7) is 12.4. The zero-order chi connectivity index (χ0) is 50.7. The molecule has 2 aliphatic rings. The van der Waals surface area contributed by atoms with Crippen LogP contribution in [0.25, 0.3) is 11.1 Å². The zero-order valence-electron chi connectivity index (χ0n) is 40.4. The fraction of sp³-hybridized carbons (Fsp3) is 0.316. The third kappa shape index (κ3) is 12.8. The number of nitrogens with zero attached hydrogens (tertiary/aromatic N) is 6. The van der Waals surface area contributed by atoms with Crippen molar-refractivity contribution in [2.45, 2.75) is 79.0 Å². The topological polar surface area (TPSA) is 174 Å². The molecule has 0 radical (unpaired) electrons. The van der Waals surface area contributed by atoms with Crippen LogP contribution in [0.1, 0.15) is 81.3 Å². The van der Waals surface area contributed by atoms with Gasteiger partial charge >= 0.3 is 5.97 Å². The molecule has 2 aliphatic heterocycles. The molecule has 6 aromatic rings. The molecule has 4 aromatic carbocycles. The summed E-state index contributed by atoms with van der Waals surface area (Å²) in [7, 11) is 0. The van der Waals surface area contributed by atoms with E-state index in [1.165, 1.54) is 12.4 Å². The molecule has 2 aromatic heterocycles. The Morgan fingerprint density at radius 1 is 0.639 bits per heavy atom. The van der Waals surface area contributed by atoms with Gasteiger partial charge in [-0.1, -0.05) is 66.2 Å². The highest BCUT2D eigenvalue weighted by Gasteiger charge is 2.27. The van der Waals surface area contributed by atoms with Crippen LogP contribution in [0.2, 0.25) is 10.0 Å². The number of pyridine rings is 2. The van der Waals surface area contributed by atoms with E-state index in [1.807, 2.05) is 42.5 Å². The van der Waals surface area contributed by atoms with Crippen molar-refractivity contribution in [3.63, 3.8) is 0 Å². The zero-order valence-corrected chi connectivity index (χ0v) is 41.9. The van der Waals surface area contributed by atoms with Crippen molar-refractivity contribution in [1.29, 1.82) is 10.5 Å². The minimum absolute atomic E-state index is 0.00307. The first-order chi connectivity index (χ1) is 34.8. The van der Waals surface area contributed by atoms with Crippen LogP contribution < -0.4 is 18.9 Å². The summed E-state index contributed by atoms with van der Waals surface area (Å²) < 4.78 is 25.7. The van der Waals surface area contributed by atoms with Crippen LogP contribution in [0.4, 0.5) is 0 Å².